The van der Waals surface area contributed by atoms with Crippen LogP contribution in [0.4, 0.5) is 5.69 Å². The molecule has 7 heteroatoms. The molecule has 2 aromatic rings. The number of rotatable bonds is 4. The van der Waals surface area contributed by atoms with Crippen molar-refractivity contribution in [2.75, 3.05) is 5.32 Å². The number of benzene rings is 1. The number of aromatic nitrogens is 1. The molecule has 0 radical (unpaired) electrons. The number of hydrogen-bond donors (Lipinski definition) is 2. The highest BCUT2D eigenvalue weighted by molar-refractivity contribution is 7.89. The van der Waals surface area contributed by atoms with Crippen LogP contribution < -0.4 is 10.5 Å². The number of sulfonamides is 1. The molecule has 0 amide bonds. The summed E-state index contributed by atoms with van der Waals surface area (Å²) in [6.07, 6.45) is 3.11. The van der Waals surface area contributed by atoms with Gasteiger partial charge in [0.1, 0.15) is 6.07 Å². The maximum absolute atomic E-state index is 11.1. The Labute approximate surface area is 116 Å². The van der Waals surface area contributed by atoms with E-state index in [0.29, 0.717) is 17.8 Å². The average Bonchev–Trinajstić information content (AvgIpc) is 2.45. The molecule has 0 aliphatic heterocycles. The van der Waals surface area contributed by atoms with Gasteiger partial charge in [0, 0.05) is 12.7 Å². The molecule has 6 nitrogen and oxygen atoms in total. The molecule has 2 rings (SSSR count). The lowest BCUT2D eigenvalue weighted by molar-refractivity contribution is 0.598. The van der Waals surface area contributed by atoms with Crippen molar-refractivity contribution in [1.29, 1.82) is 5.26 Å². The van der Waals surface area contributed by atoms with Crippen molar-refractivity contribution in [3.05, 3.63) is 53.9 Å². The summed E-state index contributed by atoms with van der Waals surface area (Å²) in [5, 5.41) is 17.0. The fourth-order valence-electron chi connectivity index (χ4n) is 1.63. The molecule has 0 atom stereocenters. The van der Waals surface area contributed by atoms with E-state index in [1.165, 1.54) is 12.1 Å². The number of nitrogens with one attached hydrogen (secondary N) is 1. The number of anilines is 1. The number of primary sulfonamides is 1. The van der Waals surface area contributed by atoms with E-state index >= 15 is 0 Å². The molecule has 0 bridgehead atoms. The predicted molar refractivity (Wildman–Crippen MR) is 74.1 cm³/mol. The highest BCUT2D eigenvalue weighted by Gasteiger charge is 2.07. The van der Waals surface area contributed by atoms with Crippen molar-refractivity contribution in [3.63, 3.8) is 0 Å². The van der Waals surface area contributed by atoms with Crippen LogP contribution in [0.25, 0.3) is 0 Å². The smallest absolute Gasteiger partial charge is 0.238 e. The number of nitrogens with two attached hydrogens (primary N) is 1. The second-order valence-electron chi connectivity index (χ2n) is 4.08. The molecule has 20 heavy (non-hydrogen) atoms. The van der Waals surface area contributed by atoms with Crippen LogP contribution in [0.5, 0.6) is 0 Å². The zero-order valence-corrected chi connectivity index (χ0v) is 11.3. The predicted octanol–water partition coefficient (Wildman–Crippen LogP) is 1.21. The summed E-state index contributed by atoms with van der Waals surface area (Å²) in [6.45, 7) is 0.450. The molecule has 1 aromatic heterocycles. The van der Waals surface area contributed by atoms with Gasteiger partial charge in [0.25, 0.3) is 0 Å². The lowest BCUT2D eigenvalue weighted by Crippen LogP contribution is -2.12. The first-order chi connectivity index (χ1) is 9.50. The fraction of sp³-hybridized carbons (Fsp3) is 0.0769. The molecule has 0 saturated heterocycles. The van der Waals surface area contributed by atoms with Gasteiger partial charge in [0.05, 0.1) is 22.3 Å². The third-order valence-corrected chi connectivity index (χ3v) is 3.61. The molecular weight excluding hydrogens is 276 g/mol. The van der Waals surface area contributed by atoms with Gasteiger partial charge >= 0.3 is 0 Å². The zero-order valence-electron chi connectivity index (χ0n) is 10.4. The summed E-state index contributed by atoms with van der Waals surface area (Å²) in [6, 6.07) is 9.89. The van der Waals surface area contributed by atoms with E-state index < -0.39 is 10.0 Å². The van der Waals surface area contributed by atoms with Gasteiger partial charge in [-0.15, -0.1) is 0 Å². The second kappa shape index (κ2) is 5.69. The summed E-state index contributed by atoms with van der Waals surface area (Å²) < 4.78 is 22.2. The molecule has 0 fully saturated rings. The average molecular weight is 288 g/mol. The van der Waals surface area contributed by atoms with E-state index in [1.54, 1.807) is 30.6 Å². The number of pyridine rings is 1. The largest absolute Gasteiger partial charge is 0.379 e. The summed E-state index contributed by atoms with van der Waals surface area (Å²) in [5.74, 6) is 0. The first-order valence-electron chi connectivity index (χ1n) is 5.70. The number of nitrogens with zero attached hydrogens (tertiary/aromatic N) is 2. The summed E-state index contributed by atoms with van der Waals surface area (Å²) in [4.78, 5) is 4.01. The van der Waals surface area contributed by atoms with Crippen molar-refractivity contribution < 1.29 is 8.42 Å². The lowest BCUT2D eigenvalue weighted by Gasteiger charge is -2.08. The Morgan fingerprint density at radius 1 is 1.25 bits per heavy atom. The summed E-state index contributed by atoms with van der Waals surface area (Å²) >= 11 is 0. The Bertz CT molecular complexity index is 749. The van der Waals surface area contributed by atoms with Crippen LogP contribution in [0.2, 0.25) is 0 Å². The molecular formula is C13H12N4O2S. The molecule has 1 heterocycles. The molecule has 3 N–H and O–H groups in total. The minimum absolute atomic E-state index is 0.0698. The van der Waals surface area contributed by atoms with Crippen LogP contribution in [0.3, 0.4) is 0 Å². The Morgan fingerprint density at radius 3 is 2.55 bits per heavy atom. The van der Waals surface area contributed by atoms with E-state index in [0.717, 1.165) is 5.56 Å². The molecule has 0 aliphatic carbocycles. The minimum Gasteiger partial charge on any atom is -0.379 e. The highest BCUT2D eigenvalue weighted by atomic mass is 32.2. The Hall–Kier alpha value is -2.43. The van der Waals surface area contributed by atoms with E-state index in [4.69, 9.17) is 10.4 Å². The van der Waals surface area contributed by atoms with Gasteiger partial charge in [-0.2, -0.15) is 5.26 Å². The topological polar surface area (TPSA) is 109 Å². The van der Waals surface area contributed by atoms with Gasteiger partial charge in [-0.05, 0) is 23.8 Å². The van der Waals surface area contributed by atoms with Gasteiger partial charge in [-0.25, -0.2) is 13.6 Å². The standard InChI is InChI=1S/C13H12N4O2S/c14-7-11-5-6-16-9-13(11)17-8-10-1-3-12(4-2-10)20(15,18)19/h1-6,9,17H,8H2,(H2,15,18,19). The van der Waals surface area contributed by atoms with Crippen molar-refractivity contribution in [2.24, 2.45) is 5.14 Å². The molecule has 0 saturated carbocycles. The summed E-state index contributed by atoms with van der Waals surface area (Å²) in [5.41, 5.74) is 2.00. The number of hydrogen-bond acceptors (Lipinski definition) is 5. The van der Waals surface area contributed by atoms with Crippen LogP contribution in [0, 0.1) is 11.3 Å². The zero-order chi connectivity index (χ0) is 14.6. The van der Waals surface area contributed by atoms with Crippen molar-refractivity contribution in [3.8, 4) is 6.07 Å². The van der Waals surface area contributed by atoms with E-state index in [2.05, 4.69) is 16.4 Å². The SMILES string of the molecule is N#Cc1ccncc1NCc1ccc(S(N)(=O)=O)cc1. The van der Waals surface area contributed by atoms with Gasteiger partial charge in [-0.1, -0.05) is 12.1 Å². The molecule has 0 unspecified atom stereocenters. The quantitative estimate of drug-likeness (QED) is 0.879. The van der Waals surface area contributed by atoms with E-state index in [9.17, 15) is 8.42 Å². The van der Waals surface area contributed by atoms with E-state index in [1.807, 2.05) is 0 Å². The van der Waals surface area contributed by atoms with Crippen LogP contribution in [0.1, 0.15) is 11.1 Å². The monoisotopic (exact) mass is 288 g/mol. The maximum atomic E-state index is 11.1. The van der Waals surface area contributed by atoms with E-state index in [-0.39, 0.29) is 4.90 Å². The van der Waals surface area contributed by atoms with Crippen molar-refractivity contribution in [1.82, 2.24) is 4.98 Å². The van der Waals surface area contributed by atoms with Crippen LogP contribution in [-0.2, 0) is 16.6 Å². The second-order valence-corrected chi connectivity index (χ2v) is 5.64. The van der Waals surface area contributed by atoms with Gasteiger partial charge in [0.2, 0.25) is 10.0 Å². The maximum Gasteiger partial charge on any atom is 0.238 e. The highest BCUT2D eigenvalue weighted by Crippen LogP contribution is 2.14. The van der Waals surface area contributed by atoms with Gasteiger partial charge in [-0.3, -0.25) is 4.98 Å². The Morgan fingerprint density at radius 2 is 1.95 bits per heavy atom. The van der Waals surface area contributed by atoms with Crippen LogP contribution in [-0.4, -0.2) is 13.4 Å². The third-order valence-electron chi connectivity index (χ3n) is 2.68. The Kier molecular flexibility index (Phi) is 3.98. The first kappa shape index (κ1) is 14.0. The molecule has 0 spiro atoms. The molecule has 102 valence electrons. The molecule has 1 aromatic carbocycles. The van der Waals surface area contributed by atoms with Crippen molar-refractivity contribution in [2.45, 2.75) is 11.4 Å². The Balaban J connectivity index is 2.10. The van der Waals surface area contributed by atoms with Crippen LogP contribution in [0.15, 0.2) is 47.6 Å². The van der Waals surface area contributed by atoms with Crippen LogP contribution >= 0.6 is 0 Å². The van der Waals surface area contributed by atoms with Crippen molar-refractivity contribution >= 4 is 15.7 Å². The van der Waals surface area contributed by atoms with Gasteiger partial charge in [0.15, 0.2) is 0 Å². The minimum atomic E-state index is -3.67. The normalized spacial score (nSPS) is 10.8. The fourth-order valence-corrected chi connectivity index (χ4v) is 2.14. The summed E-state index contributed by atoms with van der Waals surface area (Å²) in [7, 11) is -3.67. The first-order valence-corrected chi connectivity index (χ1v) is 7.25. The molecule has 0 aliphatic rings. The third kappa shape index (κ3) is 3.32. The lowest BCUT2D eigenvalue weighted by atomic mass is 10.2. The number of nitriles is 1. The van der Waals surface area contributed by atoms with Gasteiger partial charge < -0.3 is 5.32 Å².